The van der Waals surface area contributed by atoms with Gasteiger partial charge in [0, 0.05) is 12.3 Å². The summed E-state index contributed by atoms with van der Waals surface area (Å²) >= 11 is 0. The lowest BCUT2D eigenvalue weighted by molar-refractivity contribution is -0.150. The van der Waals surface area contributed by atoms with Crippen LogP contribution in [0.15, 0.2) is 48.5 Å². The Kier molecular flexibility index (Phi) is 6.03. The summed E-state index contributed by atoms with van der Waals surface area (Å²) in [6.07, 6.45) is 3.46. The van der Waals surface area contributed by atoms with Gasteiger partial charge in [0.05, 0.1) is 5.54 Å². The monoisotopic (exact) mass is 476 g/mol. The zero-order valence-electron chi connectivity index (χ0n) is 20.0. The maximum atomic E-state index is 12.8. The summed E-state index contributed by atoms with van der Waals surface area (Å²) in [6, 6.07) is 16.3. The first kappa shape index (κ1) is 23.4. The molecule has 0 saturated heterocycles. The molecule has 3 N–H and O–H groups in total. The molecular weight excluding hydrogens is 444 g/mol. The molecule has 2 unspecified atom stereocenters. The second kappa shape index (κ2) is 9.02. The average Bonchev–Trinajstić information content (AvgIpc) is 3.49. The molecule has 35 heavy (non-hydrogen) atoms. The number of hydrogen-bond acceptors (Lipinski definition) is 4. The maximum Gasteiger partial charge on any atom is 0.407 e. The highest BCUT2D eigenvalue weighted by Gasteiger charge is 2.49. The topological polar surface area (TPSA) is 105 Å². The van der Waals surface area contributed by atoms with Gasteiger partial charge in [-0.25, -0.2) is 9.59 Å². The van der Waals surface area contributed by atoms with Crippen LogP contribution in [0.5, 0.6) is 0 Å². The third-order valence-corrected chi connectivity index (χ3v) is 7.85. The zero-order chi connectivity index (χ0) is 24.6. The largest absolute Gasteiger partial charge is 0.480 e. The number of amides is 2. The second-order valence-corrected chi connectivity index (χ2v) is 10.5. The molecule has 0 radical (unpaired) electrons. The first-order valence-corrected chi connectivity index (χ1v) is 12.5. The number of hydrogen-bond donors (Lipinski definition) is 3. The van der Waals surface area contributed by atoms with E-state index in [0.29, 0.717) is 25.7 Å². The number of carboxylic acid groups (broad SMARTS) is 1. The third-order valence-electron chi connectivity index (χ3n) is 7.85. The summed E-state index contributed by atoms with van der Waals surface area (Å²) in [4.78, 5) is 37.5. The number of ether oxygens (including phenoxy) is 1. The van der Waals surface area contributed by atoms with Gasteiger partial charge in [0.15, 0.2) is 0 Å². The molecule has 7 nitrogen and oxygen atoms in total. The Balaban J connectivity index is 1.19. The van der Waals surface area contributed by atoms with E-state index in [1.807, 2.05) is 31.2 Å². The van der Waals surface area contributed by atoms with Crippen LogP contribution in [0.25, 0.3) is 11.1 Å². The smallest absolute Gasteiger partial charge is 0.407 e. The Morgan fingerprint density at radius 3 is 2.17 bits per heavy atom. The van der Waals surface area contributed by atoms with E-state index in [4.69, 9.17) is 4.74 Å². The number of carbonyl (C=O) groups is 3. The highest BCUT2D eigenvalue weighted by atomic mass is 16.5. The van der Waals surface area contributed by atoms with Gasteiger partial charge in [-0.2, -0.15) is 0 Å². The van der Waals surface area contributed by atoms with Gasteiger partial charge in [-0.1, -0.05) is 68.3 Å². The van der Waals surface area contributed by atoms with Crippen molar-refractivity contribution in [1.29, 1.82) is 0 Å². The summed E-state index contributed by atoms with van der Waals surface area (Å²) in [7, 11) is 0. The summed E-state index contributed by atoms with van der Waals surface area (Å²) in [5.41, 5.74) is 2.74. The summed E-state index contributed by atoms with van der Waals surface area (Å²) < 4.78 is 5.64. The molecule has 3 aliphatic rings. The lowest BCUT2D eigenvalue weighted by Gasteiger charge is -2.37. The van der Waals surface area contributed by atoms with Crippen molar-refractivity contribution in [3.05, 3.63) is 59.7 Å². The number of benzene rings is 2. The van der Waals surface area contributed by atoms with E-state index in [9.17, 15) is 19.5 Å². The molecule has 0 aromatic heterocycles. The summed E-state index contributed by atoms with van der Waals surface area (Å²) in [5.74, 6) is -1.10. The van der Waals surface area contributed by atoms with Crippen LogP contribution in [0.1, 0.15) is 68.9 Å². The molecule has 2 fully saturated rings. The van der Waals surface area contributed by atoms with Crippen molar-refractivity contribution in [1.82, 2.24) is 10.6 Å². The highest BCUT2D eigenvalue weighted by molar-refractivity contribution is 5.88. The van der Waals surface area contributed by atoms with Crippen LogP contribution in [0.2, 0.25) is 0 Å². The Morgan fingerprint density at radius 1 is 0.971 bits per heavy atom. The lowest BCUT2D eigenvalue weighted by Crippen LogP contribution is -2.57. The average molecular weight is 477 g/mol. The molecule has 2 saturated carbocycles. The Hall–Kier alpha value is -3.35. The van der Waals surface area contributed by atoms with Gasteiger partial charge in [0.1, 0.15) is 12.1 Å². The minimum Gasteiger partial charge on any atom is -0.480 e. The standard InChI is InChI=1S/C28H32N2O5/c1-18-7-6-12-28(15-18,25(32)33)29-24(31)16-27(13-14-27)30-26(34)35-17-23-21-10-4-2-8-19(21)20-9-3-5-11-22(20)23/h2-5,8-11,18,23H,6-7,12-17H2,1H3,(H,29,31)(H,30,34)(H,32,33). The van der Waals surface area contributed by atoms with Crippen LogP contribution in [-0.4, -0.2) is 40.8 Å². The van der Waals surface area contributed by atoms with Gasteiger partial charge >= 0.3 is 12.1 Å². The minimum absolute atomic E-state index is 0.0321. The molecule has 0 heterocycles. The molecule has 0 bridgehead atoms. The van der Waals surface area contributed by atoms with Crippen LogP contribution < -0.4 is 10.6 Å². The number of carbonyl (C=O) groups excluding carboxylic acids is 2. The predicted molar refractivity (Wildman–Crippen MR) is 131 cm³/mol. The van der Waals surface area contributed by atoms with E-state index >= 15 is 0 Å². The molecule has 5 rings (SSSR count). The van der Waals surface area contributed by atoms with Crippen molar-refractivity contribution < 1.29 is 24.2 Å². The Bertz CT molecular complexity index is 1110. The van der Waals surface area contributed by atoms with Crippen molar-refractivity contribution in [2.24, 2.45) is 5.92 Å². The zero-order valence-corrected chi connectivity index (χ0v) is 20.0. The van der Waals surface area contributed by atoms with E-state index in [1.165, 1.54) is 0 Å². The molecule has 7 heteroatoms. The molecule has 2 aromatic rings. The fraction of sp³-hybridized carbons (Fsp3) is 0.464. The lowest BCUT2D eigenvalue weighted by atomic mass is 9.76. The van der Waals surface area contributed by atoms with Crippen LogP contribution >= 0.6 is 0 Å². The second-order valence-electron chi connectivity index (χ2n) is 10.5. The van der Waals surface area contributed by atoms with Gasteiger partial charge in [-0.05, 0) is 53.9 Å². The van der Waals surface area contributed by atoms with Crippen molar-refractivity contribution in [3.63, 3.8) is 0 Å². The molecule has 3 aliphatic carbocycles. The molecular formula is C28H32N2O5. The minimum atomic E-state index is -1.21. The van der Waals surface area contributed by atoms with Crippen molar-refractivity contribution in [2.45, 2.75) is 68.9 Å². The predicted octanol–water partition coefficient (Wildman–Crippen LogP) is 4.60. The number of aliphatic carboxylic acids is 1. The van der Waals surface area contributed by atoms with Crippen LogP contribution in [0.3, 0.4) is 0 Å². The van der Waals surface area contributed by atoms with Crippen LogP contribution in [-0.2, 0) is 14.3 Å². The van der Waals surface area contributed by atoms with E-state index in [-0.39, 0.29) is 30.8 Å². The molecule has 2 aromatic carbocycles. The van der Waals surface area contributed by atoms with Gasteiger partial charge in [-0.3, -0.25) is 4.79 Å². The molecule has 184 valence electrons. The van der Waals surface area contributed by atoms with Crippen LogP contribution in [0.4, 0.5) is 4.79 Å². The summed E-state index contributed by atoms with van der Waals surface area (Å²) in [5, 5.41) is 15.5. The molecule has 2 atom stereocenters. The van der Waals surface area contributed by atoms with E-state index in [2.05, 4.69) is 34.9 Å². The van der Waals surface area contributed by atoms with E-state index in [1.54, 1.807) is 0 Å². The van der Waals surface area contributed by atoms with Crippen molar-refractivity contribution in [2.75, 3.05) is 6.61 Å². The summed E-state index contributed by atoms with van der Waals surface area (Å²) in [6.45, 7) is 2.23. The first-order valence-electron chi connectivity index (χ1n) is 12.5. The quantitative estimate of drug-likeness (QED) is 0.542. The fourth-order valence-electron chi connectivity index (χ4n) is 5.88. The normalized spacial score (nSPS) is 24.1. The first-order chi connectivity index (χ1) is 16.8. The molecule has 0 spiro atoms. The number of rotatable bonds is 7. The van der Waals surface area contributed by atoms with E-state index < -0.39 is 23.1 Å². The van der Waals surface area contributed by atoms with Crippen molar-refractivity contribution in [3.8, 4) is 11.1 Å². The van der Waals surface area contributed by atoms with Gasteiger partial charge in [0.25, 0.3) is 0 Å². The third kappa shape index (κ3) is 4.64. The van der Waals surface area contributed by atoms with Gasteiger partial charge < -0.3 is 20.5 Å². The Labute approximate surface area is 205 Å². The van der Waals surface area contributed by atoms with E-state index in [0.717, 1.165) is 35.1 Å². The number of carboxylic acids is 1. The fourth-order valence-corrected chi connectivity index (χ4v) is 5.88. The SMILES string of the molecule is CC1CCCC(NC(=O)CC2(NC(=O)OCC3c4ccccc4-c4ccccc43)CC2)(C(=O)O)C1. The van der Waals surface area contributed by atoms with Crippen LogP contribution in [0, 0.1) is 5.92 Å². The number of fused-ring (bicyclic) bond motifs is 3. The maximum absolute atomic E-state index is 12.8. The highest BCUT2D eigenvalue weighted by Crippen LogP contribution is 2.45. The van der Waals surface area contributed by atoms with Crippen molar-refractivity contribution >= 4 is 18.0 Å². The number of alkyl carbamates (subject to hydrolysis) is 1. The molecule has 2 amide bonds. The molecule has 0 aliphatic heterocycles. The van der Waals surface area contributed by atoms with Gasteiger partial charge in [0.2, 0.25) is 5.91 Å². The van der Waals surface area contributed by atoms with Gasteiger partial charge in [-0.15, -0.1) is 0 Å². The Morgan fingerprint density at radius 2 is 1.60 bits per heavy atom. The number of nitrogens with one attached hydrogen (secondary N) is 2.